The highest BCUT2D eigenvalue weighted by molar-refractivity contribution is 5.76. The molecule has 3 rings (SSSR count). The zero-order valence-electron chi connectivity index (χ0n) is 12.8. The molecule has 0 atom stereocenters. The lowest BCUT2D eigenvalue weighted by Gasteiger charge is -2.17. The Balaban J connectivity index is 1.75. The van der Waals surface area contributed by atoms with E-state index in [0.29, 0.717) is 12.0 Å². The van der Waals surface area contributed by atoms with Crippen molar-refractivity contribution in [3.05, 3.63) is 66.4 Å². The molecular weight excluding hydrogens is 290 g/mol. The predicted octanol–water partition coefficient (Wildman–Crippen LogP) is 2.15. The molecular formula is C17H17N5O. The third kappa shape index (κ3) is 3.42. The van der Waals surface area contributed by atoms with Gasteiger partial charge in [0.2, 0.25) is 0 Å². The number of pyridine rings is 2. The van der Waals surface area contributed by atoms with Crippen LogP contribution in [0.3, 0.4) is 0 Å². The van der Waals surface area contributed by atoms with Gasteiger partial charge in [0.1, 0.15) is 5.82 Å². The Kier molecular flexibility index (Phi) is 4.42. The summed E-state index contributed by atoms with van der Waals surface area (Å²) in [5, 5.41) is 4.52. The van der Waals surface area contributed by atoms with E-state index in [9.17, 15) is 4.79 Å². The molecule has 0 radical (unpaired) electrons. The highest BCUT2D eigenvalue weighted by atomic mass is 16.1. The number of likely N-dealkylation sites (N-methyl/N-ethyl adjacent to an activating group) is 1. The predicted molar refractivity (Wildman–Crippen MR) is 88.0 cm³/mol. The van der Waals surface area contributed by atoms with Crippen LogP contribution in [0.5, 0.6) is 0 Å². The molecule has 0 N–H and O–H groups in total. The van der Waals surface area contributed by atoms with Gasteiger partial charge in [-0.2, -0.15) is 5.10 Å². The second kappa shape index (κ2) is 6.83. The number of nitrogens with zero attached hydrogens (tertiary/aromatic N) is 5. The molecule has 3 aromatic rings. The molecule has 0 saturated heterocycles. The van der Waals surface area contributed by atoms with Crippen LogP contribution >= 0.6 is 0 Å². The van der Waals surface area contributed by atoms with E-state index in [2.05, 4.69) is 15.1 Å². The van der Waals surface area contributed by atoms with Crippen molar-refractivity contribution in [2.45, 2.75) is 6.42 Å². The van der Waals surface area contributed by atoms with Gasteiger partial charge in [0.25, 0.3) is 0 Å². The highest BCUT2D eigenvalue weighted by Crippen LogP contribution is 2.13. The zero-order chi connectivity index (χ0) is 16.1. The van der Waals surface area contributed by atoms with E-state index in [1.165, 1.54) is 0 Å². The first kappa shape index (κ1) is 14.9. The molecule has 116 valence electrons. The van der Waals surface area contributed by atoms with E-state index >= 15 is 0 Å². The second-order valence-corrected chi connectivity index (χ2v) is 5.16. The molecule has 23 heavy (non-hydrogen) atoms. The topological polar surface area (TPSA) is 63.9 Å². The van der Waals surface area contributed by atoms with Crippen LogP contribution in [0.25, 0.3) is 5.69 Å². The number of carbonyl (C=O) groups excluding carboxylic acids is 1. The van der Waals surface area contributed by atoms with Gasteiger partial charge in [-0.3, -0.25) is 9.78 Å². The summed E-state index contributed by atoms with van der Waals surface area (Å²) in [6, 6.07) is 9.53. The van der Waals surface area contributed by atoms with Crippen molar-refractivity contribution in [3.63, 3.8) is 0 Å². The minimum atomic E-state index is 0.600. The van der Waals surface area contributed by atoms with Crippen molar-refractivity contribution < 1.29 is 4.79 Å². The largest absolute Gasteiger partial charge is 0.359 e. The molecule has 0 aliphatic heterocycles. The summed E-state index contributed by atoms with van der Waals surface area (Å²) in [6.45, 7) is 0.724. The van der Waals surface area contributed by atoms with Crippen molar-refractivity contribution in [1.82, 2.24) is 19.7 Å². The monoisotopic (exact) mass is 307 g/mol. The summed E-state index contributed by atoms with van der Waals surface area (Å²) >= 11 is 0. The van der Waals surface area contributed by atoms with E-state index in [4.69, 9.17) is 0 Å². The first-order valence-corrected chi connectivity index (χ1v) is 7.34. The van der Waals surface area contributed by atoms with Crippen molar-refractivity contribution in [3.8, 4) is 5.69 Å². The Labute approximate surface area is 134 Å². The lowest BCUT2D eigenvalue weighted by atomic mass is 10.2. The van der Waals surface area contributed by atoms with Crippen LogP contribution in [0, 0.1) is 0 Å². The standard InChI is InChI=1S/C17H17N5O/c1-21(17-6-2-3-9-19-17)10-7-16-14(13-23)12-22(20-16)15-5-4-8-18-11-15/h2-6,8-9,11-13H,7,10H2,1H3. The molecule has 6 heteroatoms. The first-order valence-electron chi connectivity index (χ1n) is 7.34. The van der Waals surface area contributed by atoms with Gasteiger partial charge < -0.3 is 4.90 Å². The van der Waals surface area contributed by atoms with Gasteiger partial charge in [-0.15, -0.1) is 0 Å². The number of anilines is 1. The normalized spacial score (nSPS) is 10.5. The second-order valence-electron chi connectivity index (χ2n) is 5.16. The Hall–Kier alpha value is -3.02. The van der Waals surface area contributed by atoms with E-state index in [-0.39, 0.29) is 0 Å². The molecule has 6 nitrogen and oxygen atoms in total. The Morgan fingerprint density at radius 1 is 1.22 bits per heavy atom. The molecule has 0 saturated carbocycles. The maximum atomic E-state index is 11.3. The molecule has 0 unspecified atom stereocenters. The van der Waals surface area contributed by atoms with E-state index < -0.39 is 0 Å². The maximum Gasteiger partial charge on any atom is 0.153 e. The number of aldehydes is 1. The number of hydrogen-bond donors (Lipinski definition) is 0. The zero-order valence-corrected chi connectivity index (χ0v) is 12.8. The average molecular weight is 307 g/mol. The third-order valence-electron chi connectivity index (χ3n) is 3.58. The fraction of sp³-hybridized carbons (Fsp3) is 0.176. The van der Waals surface area contributed by atoms with E-state index in [1.54, 1.807) is 29.5 Å². The van der Waals surface area contributed by atoms with Crippen LogP contribution in [0.15, 0.2) is 55.1 Å². The molecule has 0 aliphatic carbocycles. The van der Waals surface area contributed by atoms with Crippen molar-refractivity contribution in [2.75, 3.05) is 18.5 Å². The Morgan fingerprint density at radius 3 is 2.83 bits per heavy atom. The molecule has 0 spiro atoms. The van der Waals surface area contributed by atoms with Crippen LogP contribution in [0.4, 0.5) is 5.82 Å². The molecule has 0 bridgehead atoms. The van der Waals surface area contributed by atoms with Gasteiger partial charge >= 0.3 is 0 Å². The average Bonchev–Trinajstić information content (AvgIpc) is 3.04. The first-order chi connectivity index (χ1) is 11.3. The summed E-state index contributed by atoms with van der Waals surface area (Å²) in [5.41, 5.74) is 2.20. The number of rotatable bonds is 6. The minimum Gasteiger partial charge on any atom is -0.359 e. The summed E-state index contributed by atoms with van der Waals surface area (Å²) in [4.78, 5) is 21.7. The van der Waals surface area contributed by atoms with Gasteiger partial charge in [0, 0.05) is 38.6 Å². The lowest BCUT2D eigenvalue weighted by Crippen LogP contribution is -2.21. The van der Waals surface area contributed by atoms with Gasteiger partial charge in [0.05, 0.1) is 23.1 Å². The Morgan fingerprint density at radius 2 is 2.13 bits per heavy atom. The molecule has 0 aromatic carbocycles. The molecule has 3 aromatic heterocycles. The van der Waals surface area contributed by atoms with Crippen LogP contribution in [-0.4, -0.2) is 39.6 Å². The highest BCUT2D eigenvalue weighted by Gasteiger charge is 2.11. The summed E-state index contributed by atoms with van der Waals surface area (Å²) in [6.07, 6.45) is 8.42. The quantitative estimate of drug-likeness (QED) is 0.653. The maximum absolute atomic E-state index is 11.3. The SMILES string of the molecule is CN(CCc1nn(-c2cccnc2)cc1C=O)c1ccccn1. The van der Waals surface area contributed by atoms with Crippen molar-refractivity contribution in [1.29, 1.82) is 0 Å². The van der Waals surface area contributed by atoms with Gasteiger partial charge in [0.15, 0.2) is 6.29 Å². The van der Waals surface area contributed by atoms with Crippen LogP contribution in [0.2, 0.25) is 0 Å². The Bertz CT molecular complexity index is 770. The third-order valence-corrected chi connectivity index (χ3v) is 3.58. The van der Waals surface area contributed by atoms with E-state index in [1.807, 2.05) is 42.3 Å². The van der Waals surface area contributed by atoms with Crippen molar-refractivity contribution >= 4 is 12.1 Å². The fourth-order valence-corrected chi connectivity index (χ4v) is 2.30. The summed E-state index contributed by atoms with van der Waals surface area (Å²) < 4.78 is 1.69. The van der Waals surface area contributed by atoms with Crippen molar-refractivity contribution in [2.24, 2.45) is 0 Å². The van der Waals surface area contributed by atoms with Crippen LogP contribution in [-0.2, 0) is 6.42 Å². The lowest BCUT2D eigenvalue weighted by molar-refractivity contribution is 0.112. The number of aromatic nitrogens is 4. The van der Waals surface area contributed by atoms with Crippen LogP contribution in [0.1, 0.15) is 16.1 Å². The molecule has 0 aliphatic rings. The summed E-state index contributed by atoms with van der Waals surface area (Å²) in [5.74, 6) is 0.895. The molecule has 0 fully saturated rings. The fourth-order valence-electron chi connectivity index (χ4n) is 2.30. The number of hydrogen-bond acceptors (Lipinski definition) is 5. The van der Waals surface area contributed by atoms with E-state index in [0.717, 1.165) is 30.0 Å². The summed E-state index contributed by atoms with van der Waals surface area (Å²) in [7, 11) is 1.97. The molecule has 0 amide bonds. The molecule has 3 heterocycles. The number of carbonyl (C=O) groups is 1. The van der Waals surface area contributed by atoms with Gasteiger partial charge in [-0.25, -0.2) is 9.67 Å². The smallest absolute Gasteiger partial charge is 0.153 e. The van der Waals surface area contributed by atoms with Gasteiger partial charge in [-0.1, -0.05) is 6.07 Å². The minimum absolute atomic E-state index is 0.600. The van der Waals surface area contributed by atoms with Crippen LogP contribution < -0.4 is 4.90 Å². The van der Waals surface area contributed by atoms with Gasteiger partial charge in [-0.05, 0) is 24.3 Å².